The summed E-state index contributed by atoms with van der Waals surface area (Å²) in [7, 11) is 0. The minimum absolute atomic E-state index is 0.131. The van der Waals surface area contributed by atoms with Gasteiger partial charge in [-0.05, 0) is 60.2 Å². The highest BCUT2D eigenvalue weighted by molar-refractivity contribution is 6.30. The monoisotopic (exact) mass is 580 g/mol. The first-order chi connectivity index (χ1) is 19.8. The Labute approximate surface area is 245 Å². The van der Waals surface area contributed by atoms with Crippen molar-refractivity contribution in [3.05, 3.63) is 100 Å². The highest BCUT2D eigenvalue weighted by atomic mass is 35.5. The average molecular weight is 581 g/mol. The number of ether oxygens (including phenoxy) is 1. The Hall–Kier alpha value is -3.63. The van der Waals surface area contributed by atoms with Crippen LogP contribution >= 0.6 is 11.6 Å². The molecule has 4 N–H and O–H groups in total. The Morgan fingerprint density at radius 3 is 2.27 bits per heavy atom. The van der Waals surface area contributed by atoms with Crippen LogP contribution in [0.1, 0.15) is 45.9 Å². The van der Waals surface area contributed by atoms with Gasteiger partial charge in [-0.3, -0.25) is 9.80 Å². The number of hydrogen-bond acceptors (Lipinski definition) is 6. The first-order valence-electron chi connectivity index (χ1n) is 13.8. The number of aromatic carboxylic acids is 1. The third-order valence-electron chi connectivity index (χ3n) is 7.37. The fourth-order valence-corrected chi connectivity index (χ4v) is 5.28. The van der Waals surface area contributed by atoms with E-state index in [1.54, 1.807) is 12.1 Å². The zero-order valence-electron chi connectivity index (χ0n) is 23.0. The van der Waals surface area contributed by atoms with Gasteiger partial charge in [0.2, 0.25) is 0 Å². The van der Waals surface area contributed by atoms with E-state index in [1.807, 2.05) is 24.3 Å². The predicted molar refractivity (Wildman–Crippen MR) is 159 cm³/mol. The van der Waals surface area contributed by atoms with Gasteiger partial charge >= 0.3 is 12.1 Å². The van der Waals surface area contributed by atoms with E-state index < -0.39 is 12.1 Å². The molecule has 1 saturated heterocycles. The summed E-state index contributed by atoms with van der Waals surface area (Å²) in [5, 5.41) is 20.0. The van der Waals surface area contributed by atoms with Crippen molar-refractivity contribution in [1.82, 2.24) is 14.8 Å². The topological polar surface area (TPSA) is 120 Å². The van der Waals surface area contributed by atoms with Crippen LogP contribution in [-0.2, 0) is 6.42 Å². The summed E-state index contributed by atoms with van der Waals surface area (Å²) >= 11 is 6.15. The van der Waals surface area contributed by atoms with E-state index in [1.165, 1.54) is 11.1 Å². The number of rotatable bonds is 13. The highest BCUT2D eigenvalue weighted by Gasteiger charge is 2.26. The van der Waals surface area contributed by atoms with Crippen molar-refractivity contribution in [3.63, 3.8) is 0 Å². The van der Waals surface area contributed by atoms with E-state index in [2.05, 4.69) is 46.2 Å². The summed E-state index contributed by atoms with van der Waals surface area (Å²) in [6, 6.07) is 23.9. The maximum atomic E-state index is 11.9. The third-order valence-corrected chi connectivity index (χ3v) is 7.62. The lowest BCUT2D eigenvalue weighted by Crippen LogP contribution is -2.48. The van der Waals surface area contributed by atoms with E-state index >= 15 is 0 Å². The molecule has 3 aromatic carbocycles. The maximum Gasteiger partial charge on any atom is 0.421 e. The van der Waals surface area contributed by atoms with E-state index in [4.69, 9.17) is 27.3 Å². The number of carboxylic acid groups (broad SMARTS) is 2. The molecular formula is C31H37ClN4O5. The molecule has 0 unspecified atom stereocenters. The van der Waals surface area contributed by atoms with Gasteiger partial charge in [-0.15, -0.1) is 0 Å². The molecule has 0 radical (unpaired) electrons. The summed E-state index contributed by atoms with van der Waals surface area (Å²) in [5.41, 5.74) is 3.45. The van der Waals surface area contributed by atoms with Gasteiger partial charge in [0.05, 0.1) is 6.04 Å². The van der Waals surface area contributed by atoms with E-state index in [-0.39, 0.29) is 18.2 Å². The lowest BCUT2D eigenvalue weighted by Gasteiger charge is -2.39. The van der Waals surface area contributed by atoms with E-state index in [9.17, 15) is 14.7 Å². The number of benzene rings is 3. The van der Waals surface area contributed by atoms with Gasteiger partial charge in [0.25, 0.3) is 0 Å². The summed E-state index contributed by atoms with van der Waals surface area (Å²) in [5.74, 6) is 4.70. The van der Waals surface area contributed by atoms with Crippen molar-refractivity contribution < 1.29 is 24.5 Å². The van der Waals surface area contributed by atoms with Crippen LogP contribution < -0.4 is 10.6 Å². The van der Waals surface area contributed by atoms with Crippen molar-refractivity contribution >= 4 is 23.7 Å². The molecule has 10 heteroatoms. The van der Waals surface area contributed by atoms with Gasteiger partial charge in [0.1, 0.15) is 17.9 Å². The van der Waals surface area contributed by atoms with Crippen molar-refractivity contribution in [2.24, 2.45) is 5.84 Å². The van der Waals surface area contributed by atoms with Crippen LogP contribution in [0.5, 0.6) is 5.75 Å². The summed E-state index contributed by atoms with van der Waals surface area (Å²) in [6.07, 6.45) is 0.728. The average Bonchev–Trinajstić information content (AvgIpc) is 2.98. The van der Waals surface area contributed by atoms with Crippen LogP contribution in [0, 0.1) is 0 Å². The molecular weight excluding hydrogens is 544 g/mol. The lowest BCUT2D eigenvalue weighted by atomic mass is 9.96. The number of hydrogen-bond donors (Lipinski definition) is 3. The van der Waals surface area contributed by atoms with Crippen LogP contribution in [0.15, 0.2) is 72.8 Å². The number of nitrogens with two attached hydrogens (primary N) is 1. The second-order valence-electron chi connectivity index (χ2n) is 10.2. The Morgan fingerprint density at radius 1 is 0.927 bits per heavy atom. The molecule has 0 saturated carbocycles. The minimum atomic E-state index is -1.17. The first kappa shape index (κ1) is 30.3. The van der Waals surface area contributed by atoms with Crippen LogP contribution in [0.2, 0.25) is 5.02 Å². The van der Waals surface area contributed by atoms with Gasteiger partial charge < -0.3 is 14.9 Å². The summed E-state index contributed by atoms with van der Waals surface area (Å²) in [4.78, 5) is 27.5. The number of carbonyl (C=O) groups is 2. The molecule has 1 fully saturated rings. The van der Waals surface area contributed by atoms with Gasteiger partial charge in [0.15, 0.2) is 0 Å². The number of aryl methyl sites for hydroxylation is 1. The van der Waals surface area contributed by atoms with Crippen LogP contribution in [0.25, 0.3) is 0 Å². The molecule has 0 spiro atoms. The number of piperazine rings is 1. The van der Waals surface area contributed by atoms with Crippen molar-refractivity contribution in [3.8, 4) is 5.75 Å². The molecule has 3 aromatic rings. The largest absolute Gasteiger partial charge is 0.491 e. The molecule has 0 aliphatic carbocycles. The second-order valence-corrected chi connectivity index (χ2v) is 10.6. The van der Waals surface area contributed by atoms with Gasteiger partial charge in [-0.2, -0.15) is 0 Å². The zero-order valence-corrected chi connectivity index (χ0v) is 23.7. The number of hydrazine groups is 1. The van der Waals surface area contributed by atoms with Crippen molar-refractivity contribution in [2.75, 3.05) is 45.9 Å². The number of amides is 1. The molecule has 1 aliphatic rings. The Kier molecular flexibility index (Phi) is 11.0. The zero-order chi connectivity index (χ0) is 29.2. The van der Waals surface area contributed by atoms with Gasteiger partial charge in [-0.1, -0.05) is 60.1 Å². The third kappa shape index (κ3) is 8.68. The minimum Gasteiger partial charge on any atom is -0.491 e. The van der Waals surface area contributed by atoms with Crippen LogP contribution in [0.3, 0.4) is 0 Å². The van der Waals surface area contributed by atoms with Gasteiger partial charge in [-0.25, -0.2) is 20.4 Å². The molecule has 0 bridgehead atoms. The lowest BCUT2D eigenvalue weighted by molar-refractivity contribution is 0.0689. The SMILES string of the molecule is NN(CCCCc1ccc(OCCN2CCN([C@H](c3ccccc3)c3ccc(Cl)cc3)CC2)c(C(=O)O)c1)C(=O)O. The smallest absolute Gasteiger partial charge is 0.421 e. The van der Waals surface area contributed by atoms with Crippen LogP contribution in [0.4, 0.5) is 4.79 Å². The molecule has 4 rings (SSSR count). The Morgan fingerprint density at radius 2 is 1.61 bits per heavy atom. The molecule has 1 heterocycles. The van der Waals surface area contributed by atoms with Gasteiger partial charge in [0, 0.05) is 44.3 Å². The standard InChI is InChI=1S/C31H37ClN4O5/c32-26-12-10-25(11-13-26)29(24-7-2-1-3-8-24)35-18-16-34(17-19-35)20-21-41-28-14-9-23(22-27(28)30(37)38)6-4-5-15-36(33)31(39)40/h1-3,7-14,22,29H,4-6,15-21,33H2,(H,37,38)(H,39,40)/t29-/m1/s1. The fourth-order valence-electron chi connectivity index (χ4n) is 5.16. The molecule has 9 nitrogen and oxygen atoms in total. The first-order valence-corrected chi connectivity index (χ1v) is 14.2. The number of nitrogens with zero attached hydrogens (tertiary/aromatic N) is 3. The number of carboxylic acids is 1. The van der Waals surface area contributed by atoms with Crippen molar-refractivity contribution in [2.45, 2.75) is 25.3 Å². The molecule has 1 amide bonds. The van der Waals surface area contributed by atoms with Crippen LogP contribution in [-0.4, -0.2) is 83.0 Å². The molecule has 0 aromatic heterocycles. The van der Waals surface area contributed by atoms with E-state index in [0.29, 0.717) is 38.2 Å². The Bertz CT molecular complexity index is 1280. The molecule has 218 valence electrons. The van der Waals surface area contributed by atoms with E-state index in [0.717, 1.165) is 41.8 Å². The van der Waals surface area contributed by atoms with Crippen molar-refractivity contribution in [1.29, 1.82) is 0 Å². The quantitative estimate of drug-likeness (QED) is 0.112. The highest BCUT2D eigenvalue weighted by Crippen LogP contribution is 2.30. The maximum absolute atomic E-state index is 11.9. The molecule has 1 atom stereocenters. The number of halogens is 1. The fraction of sp³-hybridized carbons (Fsp3) is 0.355. The molecule has 1 aliphatic heterocycles. The number of unbranched alkanes of at least 4 members (excludes halogenated alkanes) is 1. The predicted octanol–water partition coefficient (Wildman–Crippen LogP) is 5.00. The second kappa shape index (κ2) is 14.8. The Balaban J connectivity index is 1.28. The summed E-state index contributed by atoms with van der Waals surface area (Å²) < 4.78 is 5.93. The summed E-state index contributed by atoms with van der Waals surface area (Å²) in [6.45, 7) is 4.87. The normalized spacial score (nSPS) is 14.9. The molecule has 41 heavy (non-hydrogen) atoms.